The maximum absolute atomic E-state index is 14.3. The van der Waals surface area contributed by atoms with Crippen molar-refractivity contribution < 1.29 is 120 Å². The summed E-state index contributed by atoms with van der Waals surface area (Å²) in [4.78, 5) is 167. The third-order valence-corrected chi connectivity index (χ3v) is 31.7. The summed E-state index contributed by atoms with van der Waals surface area (Å²) < 4.78 is 58.2. The van der Waals surface area contributed by atoms with Gasteiger partial charge in [-0.1, -0.05) is 128 Å². The van der Waals surface area contributed by atoms with Gasteiger partial charge in [-0.3, -0.25) is 61.3 Å². The fraction of sp³-hybridized carbons (Fsp3) is 0.636. The van der Waals surface area contributed by atoms with Crippen molar-refractivity contribution >= 4 is 149 Å². The number of hydrogen-bond acceptors (Lipinski definition) is 32. The molecule has 5 saturated heterocycles. The number of halogens is 2. The van der Waals surface area contributed by atoms with E-state index in [1.807, 2.05) is 53.7 Å². The van der Waals surface area contributed by atoms with Crippen molar-refractivity contribution in [2.24, 2.45) is 29.4 Å². The molecule has 16 atom stereocenters. The zero-order valence-electron chi connectivity index (χ0n) is 77.6. The molecule has 0 spiro atoms. The SMILES string of the molecule is COc1cc2cc(c1Cl)N(C)C(=O)CC(OC(=O)[C@H](C)N(C)C(=O)CCC(C)(C)SSCCCC(=O)NN)[C@@]1(C)O[C@@H]1C(C)C1CC(O)(NC(=O)O1)C(OC)/C=C/C=C(\C)C2.COc1cc2cc(c1Cl)N(C)C(=O)CC(OC(=O)[C@H](C)N(C)C(=O)CCC(C)(C)SSCCCC(=O)ON1C(=O)CCC1=O)[C@@]1(C)O[C@@H]1C(C)C1CC(O)(NC(=O)O1)C(OC)/C=C/C=C(\C)C2.NN. The Labute approximate surface area is 785 Å². The van der Waals surface area contributed by atoms with Crippen LogP contribution in [0.4, 0.5) is 21.0 Å². The van der Waals surface area contributed by atoms with Crippen LogP contribution >= 0.6 is 66.4 Å². The number of likely N-dealkylation sites (N-methyl/N-ethyl adjacent to an activating group) is 2. The van der Waals surface area contributed by atoms with E-state index in [2.05, 4.69) is 27.7 Å². The van der Waals surface area contributed by atoms with E-state index in [1.165, 1.54) is 79.9 Å². The molecule has 8 bridgehead atoms. The maximum Gasteiger partial charge on any atom is 0.409 e. The molecule has 2 aromatic carbocycles. The number of rotatable bonds is 29. The number of imide groups is 1. The largest absolute Gasteiger partial charge is 0.495 e. The Balaban J connectivity index is 0.000000351. The first-order valence-corrected chi connectivity index (χ1v) is 48.1. The molecule has 724 valence electrons. The van der Waals surface area contributed by atoms with Crippen LogP contribution in [0.15, 0.2) is 71.9 Å². The minimum atomic E-state index is -1.86. The minimum Gasteiger partial charge on any atom is -0.495 e. The lowest BCUT2D eigenvalue weighted by Crippen LogP contribution is -2.63. The van der Waals surface area contributed by atoms with Gasteiger partial charge in [0.25, 0.3) is 11.8 Å². The smallest absolute Gasteiger partial charge is 0.409 e. The van der Waals surface area contributed by atoms with E-state index in [0.717, 1.165) is 28.0 Å². The van der Waals surface area contributed by atoms with Crippen LogP contribution < -0.4 is 52.9 Å². The topological polar surface area (TPSA) is 484 Å². The lowest BCUT2D eigenvalue weighted by molar-refractivity contribution is -0.197. The van der Waals surface area contributed by atoms with E-state index in [9.17, 15) is 67.7 Å². The van der Waals surface area contributed by atoms with Gasteiger partial charge in [0.1, 0.15) is 81.5 Å². The number of fused-ring (bicyclic) bond motifs is 10. The number of allylic oxidation sites excluding steroid dienone is 6. The number of nitrogens with zero attached hydrogens (tertiary/aromatic N) is 5. The molecule has 0 aromatic heterocycles. The van der Waals surface area contributed by atoms with Crippen molar-refractivity contribution in [1.82, 2.24) is 30.9 Å². The molecule has 0 aliphatic carbocycles. The number of ether oxygens (including phenoxy) is 10. The van der Waals surface area contributed by atoms with Crippen LogP contribution in [0, 0.1) is 11.8 Å². The normalized spacial score (nSPS) is 28.3. The number of hydrogen-bond donors (Lipinski definition) is 8. The molecule has 36 nitrogen and oxygen atoms in total. The number of nitrogens with one attached hydrogen (secondary N) is 3. The van der Waals surface area contributed by atoms with Crippen LogP contribution in [0.2, 0.25) is 10.0 Å². The summed E-state index contributed by atoms with van der Waals surface area (Å²) in [5, 5.41) is 29.6. The average Bonchev–Trinajstić information content (AvgIpc) is 1.57. The highest BCUT2D eigenvalue weighted by atomic mass is 35.5. The standard InChI is InChI=1S/C46H63ClN4O14S2.C42H62ClN5O11S2.H4N2/c1-26-13-11-14-33(61-10)46(59)25-32(62-43(58)48-46)27(2)41-45(6,64-41)34(24-38(55)50(8)30-22-29(21-26)23-31(60-9)40(30)47)63-42(57)28(3)49(7)35(52)18-19-44(4,5)67-66-20-12-15-39(56)65-51-36(53)16-17-37(51)54;1-24-13-11-14-31(56-10)42(54)23-30(57-39(53)45-42)25(2)37-41(6,59-37)32(22-35(51)48(8)28-20-27(19-24)21-29(55-9)36(28)43)58-38(52)26(3)47(7)34(50)16-17-40(4,5)61-60-18-12-15-33(49)46-44;1-2/h11,13-14,22-23,27-28,32-34,41,59H,12,15-21,24-25H2,1-10H3,(H,48,58);11,13-14,20-21,25-26,30-32,37,54H,12,15-19,22-23,44H2,1-10H3,(H,45,53)(H,46,49);1-2H2/b14-11+,26-13+;14-11+,24-13+;/t27?,28-,32?,33?,34?,41+,45+,46?;25?,26-,30?,31?,32?,37+,41+,42?;/m00./s1. The van der Waals surface area contributed by atoms with Gasteiger partial charge in [-0.2, -0.15) is 0 Å². The number of aliphatic hydroxyl groups is 2. The highest BCUT2D eigenvalue weighted by molar-refractivity contribution is 8.77. The summed E-state index contributed by atoms with van der Waals surface area (Å²) in [6, 6.07) is 5.03. The molecule has 7 aliphatic heterocycles. The fourth-order valence-electron chi connectivity index (χ4n) is 15.5. The predicted octanol–water partition coefficient (Wildman–Crippen LogP) is 9.89. The quantitative estimate of drug-likeness (QED) is 0.00432. The zero-order valence-corrected chi connectivity index (χ0v) is 82.3. The number of carbonyl (C=O) groups excluding carboxylic acids is 12. The van der Waals surface area contributed by atoms with E-state index in [0.29, 0.717) is 78.6 Å². The van der Waals surface area contributed by atoms with E-state index >= 15 is 0 Å². The minimum absolute atomic E-state index is 0.0240. The third kappa shape index (κ3) is 28.8. The molecule has 42 heteroatoms. The number of hydrazine groups is 2. The van der Waals surface area contributed by atoms with Gasteiger partial charge >= 0.3 is 30.1 Å². The Hall–Kier alpha value is -7.94. The Morgan fingerprint density at radius 3 is 1.35 bits per heavy atom. The summed E-state index contributed by atoms with van der Waals surface area (Å²) >= 11 is 13.6. The molecule has 2 aromatic rings. The number of esters is 2. The summed E-state index contributed by atoms with van der Waals surface area (Å²) in [7, 11) is 18.3. The monoisotopic (exact) mass is 1940 g/mol. The number of methoxy groups -OCH3 is 4. The number of anilines is 2. The summed E-state index contributed by atoms with van der Waals surface area (Å²) in [6.45, 7) is 21.9. The first kappa shape index (κ1) is 109. The van der Waals surface area contributed by atoms with Gasteiger partial charge in [-0.25, -0.2) is 29.8 Å². The van der Waals surface area contributed by atoms with Gasteiger partial charge in [-0.15, -0.1) is 5.06 Å². The molecule has 7 aliphatic rings. The predicted molar refractivity (Wildman–Crippen MR) is 495 cm³/mol. The number of amides is 9. The highest BCUT2D eigenvalue weighted by Crippen LogP contribution is 2.52. The van der Waals surface area contributed by atoms with Crippen molar-refractivity contribution in [2.75, 3.05) is 77.9 Å². The average molecular weight is 1940 g/mol. The molecule has 11 N–H and O–H groups in total. The Kier molecular flexibility index (Phi) is 40.1. The van der Waals surface area contributed by atoms with Crippen molar-refractivity contribution in [3.8, 4) is 11.5 Å². The Bertz CT molecular complexity index is 4530. The van der Waals surface area contributed by atoms with Crippen molar-refractivity contribution in [1.29, 1.82) is 0 Å². The van der Waals surface area contributed by atoms with Crippen molar-refractivity contribution in [3.05, 3.63) is 93.0 Å². The van der Waals surface area contributed by atoms with Gasteiger partial charge in [0.2, 0.25) is 29.5 Å². The Morgan fingerprint density at radius 2 is 0.992 bits per heavy atom. The second-order valence-electron chi connectivity index (χ2n) is 35.0. The lowest BCUT2D eigenvalue weighted by atomic mass is 9.83. The van der Waals surface area contributed by atoms with Crippen LogP contribution in [-0.4, -0.2) is 258 Å². The molecule has 9 rings (SSSR count). The number of hydroxylamine groups is 2. The van der Waals surface area contributed by atoms with Crippen LogP contribution in [0.5, 0.6) is 11.5 Å². The van der Waals surface area contributed by atoms with E-state index < -0.39 is 149 Å². The molecule has 0 saturated carbocycles. The summed E-state index contributed by atoms with van der Waals surface area (Å²) in [5.41, 5.74) is 0.0288. The van der Waals surface area contributed by atoms with E-state index in [1.54, 1.807) is 130 Å². The van der Waals surface area contributed by atoms with Gasteiger partial charge in [0.05, 0.1) is 50.6 Å². The zero-order chi connectivity index (χ0) is 97.0. The Morgan fingerprint density at radius 1 is 0.615 bits per heavy atom. The molecular weight excluding hydrogens is 1810 g/mol. The van der Waals surface area contributed by atoms with Crippen molar-refractivity contribution in [3.63, 3.8) is 0 Å². The second kappa shape index (κ2) is 47.8. The van der Waals surface area contributed by atoms with Crippen LogP contribution in [0.3, 0.4) is 0 Å². The second-order valence-corrected chi connectivity index (χ2v) is 42.0. The molecule has 5 fully saturated rings. The van der Waals surface area contributed by atoms with E-state index in [-0.39, 0.29) is 95.0 Å². The molecular formula is C88H129Cl2N11O25S4. The number of carbonyl (C=O) groups is 12. The van der Waals surface area contributed by atoms with Crippen molar-refractivity contribution in [2.45, 2.75) is 279 Å². The first-order valence-electron chi connectivity index (χ1n) is 42.7. The number of benzene rings is 2. The first-order chi connectivity index (χ1) is 61.0. The van der Waals surface area contributed by atoms with Crippen LogP contribution in [-0.2, 0) is 104 Å². The molecule has 10 unspecified atom stereocenters. The van der Waals surface area contributed by atoms with Gasteiger partial charge < -0.3 is 82.0 Å². The maximum atomic E-state index is 14.3. The number of alkyl carbamates (subject to hydrolysis) is 2. The third-order valence-electron chi connectivity index (χ3n) is 24.1. The molecule has 9 amide bonds. The van der Waals surface area contributed by atoms with Gasteiger partial charge in [0.15, 0.2) is 11.4 Å². The summed E-state index contributed by atoms with van der Waals surface area (Å²) in [5.74, 6) is 9.08. The van der Waals surface area contributed by atoms with Crippen LogP contribution in [0.25, 0.3) is 0 Å². The molecule has 0 radical (unpaired) electrons. The molecule has 130 heavy (non-hydrogen) atoms. The van der Waals surface area contributed by atoms with Crippen LogP contribution in [0.1, 0.15) is 184 Å². The fourth-order valence-corrected chi connectivity index (χ4v) is 21.5. The molecule has 7 heterocycles. The van der Waals surface area contributed by atoms with Gasteiger partial charge in [-0.05, 0) is 143 Å². The highest BCUT2D eigenvalue weighted by Gasteiger charge is 2.66. The summed E-state index contributed by atoms with van der Waals surface area (Å²) in [6.07, 6.45) is 4.11. The lowest BCUT2D eigenvalue weighted by Gasteiger charge is -2.42. The van der Waals surface area contributed by atoms with Gasteiger partial charge in [0, 0.05) is 127 Å². The number of nitrogens with two attached hydrogens (primary N) is 3. The number of epoxide rings is 2. The van der Waals surface area contributed by atoms with E-state index in [4.69, 9.17) is 81.3 Å².